The van der Waals surface area contributed by atoms with Crippen LogP contribution in [-0.4, -0.2) is 13.7 Å². The average Bonchev–Trinajstić information content (AvgIpc) is 4.38. The number of hydrogen-bond donors (Lipinski definition) is 0. The summed E-state index contributed by atoms with van der Waals surface area (Å²) in [6.07, 6.45) is 0. The molecule has 0 atom stereocenters. The molecule has 0 saturated heterocycles. The van der Waals surface area contributed by atoms with Crippen LogP contribution in [0, 0.1) is 13.8 Å². The van der Waals surface area contributed by atoms with Crippen molar-refractivity contribution in [3.8, 4) is 61.6 Å². The van der Waals surface area contributed by atoms with Gasteiger partial charge in [0.05, 0.1) is 33.1 Å². The topological polar surface area (TPSA) is 14.8 Å². The first-order chi connectivity index (χ1) is 39.0. The summed E-state index contributed by atoms with van der Waals surface area (Å²) in [5.41, 5.74) is 22.8. The Morgan fingerprint density at radius 2 is 0.443 bits per heavy atom. The molecule has 16 rings (SSSR count). The first-order valence-corrected chi connectivity index (χ1v) is 27.4. The highest BCUT2D eigenvalue weighted by molar-refractivity contribution is 6.22. The molecule has 0 amide bonds. The number of aromatic nitrogens is 3. The Morgan fingerprint density at radius 1 is 0.190 bits per heavy atom. The van der Waals surface area contributed by atoms with Crippen molar-refractivity contribution in [1.29, 1.82) is 0 Å². The molecule has 0 radical (unpaired) electrons. The van der Waals surface area contributed by atoms with E-state index in [2.05, 4.69) is 301 Å². The zero-order valence-corrected chi connectivity index (χ0v) is 43.8. The van der Waals surface area contributed by atoms with Crippen molar-refractivity contribution >= 4 is 87.0 Å². The van der Waals surface area contributed by atoms with Gasteiger partial charge in [0.1, 0.15) is 0 Å². The van der Waals surface area contributed by atoms with Crippen LogP contribution in [0.1, 0.15) is 11.1 Å². The van der Waals surface area contributed by atoms with Gasteiger partial charge in [0.2, 0.25) is 0 Å². The summed E-state index contributed by atoms with van der Waals surface area (Å²) >= 11 is 0. The fraction of sp³-hybridized carbons (Fsp3) is 0.0263. The molecule has 0 spiro atoms. The zero-order chi connectivity index (χ0) is 52.3. The van der Waals surface area contributed by atoms with E-state index in [1.165, 1.54) is 143 Å². The first kappa shape index (κ1) is 45.0. The number of hydrogen-bond acceptors (Lipinski definition) is 0. The summed E-state index contributed by atoms with van der Waals surface area (Å²) < 4.78 is 7.27. The largest absolute Gasteiger partial charge is 0.309 e. The van der Waals surface area contributed by atoms with Gasteiger partial charge in [-0.25, -0.2) is 0 Å². The molecule has 0 bridgehead atoms. The predicted molar refractivity (Wildman–Crippen MR) is 336 cm³/mol. The molecular formula is C76H51N3. The Morgan fingerprint density at radius 3 is 0.785 bits per heavy atom. The molecule has 0 aliphatic carbocycles. The highest BCUT2D eigenvalue weighted by atomic mass is 15.0. The monoisotopic (exact) mass is 1010 g/mol. The van der Waals surface area contributed by atoms with Crippen molar-refractivity contribution in [2.45, 2.75) is 13.8 Å². The van der Waals surface area contributed by atoms with Crippen LogP contribution in [0.3, 0.4) is 0 Å². The molecule has 79 heavy (non-hydrogen) atoms. The second kappa shape index (κ2) is 17.7. The highest BCUT2D eigenvalue weighted by Gasteiger charge is 2.21. The van der Waals surface area contributed by atoms with Crippen LogP contribution in [0.2, 0.25) is 0 Å². The summed E-state index contributed by atoms with van der Waals surface area (Å²) in [5.74, 6) is 0. The Balaban J connectivity index is 0.887. The van der Waals surface area contributed by atoms with E-state index in [0.717, 1.165) is 17.1 Å². The van der Waals surface area contributed by atoms with Crippen LogP contribution in [0.4, 0.5) is 0 Å². The SMILES string of the molecule is Cc1ccc2c(c1)c1cc(-c3ccc4c(c3)c3cc(-c5ccc6c(c5)c5cc(C)ccc5n6-c5ccccc5)ccc3n4-c3ccc(-c4c5ccccc5c(-c5ccccc5)c5ccccc45)cc3)ccc1n2-c1ccccc1. The van der Waals surface area contributed by atoms with Gasteiger partial charge in [0, 0.05) is 49.4 Å². The number of fused-ring (bicyclic) bond motifs is 11. The van der Waals surface area contributed by atoms with Gasteiger partial charge >= 0.3 is 0 Å². The van der Waals surface area contributed by atoms with E-state index in [-0.39, 0.29) is 0 Å². The van der Waals surface area contributed by atoms with Crippen LogP contribution in [0.15, 0.2) is 273 Å². The molecule has 3 aromatic heterocycles. The molecule has 0 aliphatic heterocycles. The van der Waals surface area contributed by atoms with Crippen molar-refractivity contribution in [3.63, 3.8) is 0 Å². The molecule has 13 aromatic carbocycles. The smallest absolute Gasteiger partial charge is 0.0541 e. The van der Waals surface area contributed by atoms with E-state index < -0.39 is 0 Å². The lowest BCUT2D eigenvalue weighted by Crippen LogP contribution is -1.95. The number of rotatable bonds is 7. The second-order valence-electron chi connectivity index (χ2n) is 21.4. The third-order valence-electron chi connectivity index (χ3n) is 16.7. The highest BCUT2D eigenvalue weighted by Crippen LogP contribution is 2.46. The molecule has 0 N–H and O–H groups in total. The van der Waals surface area contributed by atoms with Gasteiger partial charge in [0.15, 0.2) is 0 Å². The standard InChI is InChI=1S/C76H51N3/c1-48-26-36-69-63(42-48)65-44-52(30-38-71(65)77(69)56-18-8-4-9-19-56)54-32-40-73-67(46-54)68-47-55(53-31-39-72-66(45-53)64-43-49(2)27-37-70(64)78(72)57-20-10-5-11-21-57)33-41-74(68)79(73)58-34-28-51(29-35-58)76-61-24-14-12-22-59(61)75(50-16-6-3-7-17-50)60-23-13-15-25-62(60)76/h3-47H,1-2H3. The van der Waals surface area contributed by atoms with Crippen molar-refractivity contribution in [1.82, 2.24) is 13.7 Å². The van der Waals surface area contributed by atoms with Crippen LogP contribution in [0.5, 0.6) is 0 Å². The normalized spacial score (nSPS) is 11.9. The van der Waals surface area contributed by atoms with Gasteiger partial charge < -0.3 is 13.7 Å². The maximum absolute atomic E-state index is 2.47. The maximum Gasteiger partial charge on any atom is 0.0541 e. The van der Waals surface area contributed by atoms with E-state index in [4.69, 9.17) is 0 Å². The molecular weight excluding hydrogens is 955 g/mol. The summed E-state index contributed by atoms with van der Waals surface area (Å²) in [6, 6.07) is 101. The van der Waals surface area contributed by atoms with Gasteiger partial charge in [-0.1, -0.05) is 175 Å². The Kier molecular flexibility index (Phi) is 10.1. The fourth-order valence-corrected chi connectivity index (χ4v) is 13.1. The Bertz CT molecular complexity index is 4840. The molecule has 0 unspecified atom stereocenters. The fourth-order valence-electron chi connectivity index (χ4n) is 13.1. The van der Waals surface area contributed by atoms with Crippen molar-refractivity contribution in [2.24, 2.45) is 0 Å². The summed E-state index contributed by atoms with van der Waals surface area (Å²) in [4.78, 5) is 0. The molecule has 3 heterocycles. The zero-order valence-electron chi connectivity index (χ0n) is 43.8. The lowest BCUT2D eigenvalue weighted by molar-refractivity contribution is 1.18. The minimum absolute atomic E-state index is 1.12. The summed E-state index contributed by atoms with van der Waals surface area (Å²) in [6.45, 7) is 4.38. The van der Waals surface area contributed by atoms with E-state index in [9.17, 15) is 0 Å². The minimum Gasteiger partial charge on any atom is -0.309 e. The van der Waals surface area contributed by atoms with Gasteiger partial charge in [-0.15, -0.1) is 0 Å². The summed E-state index contributed by atoms with van der Waals surface area (Å²) in [7, 11) is 0. The summed E-state index contributed by atoms with van der Waals surface area (Å²) in [5, 5.41) is 12.5. The third kappa shape index (κ3) is 7.06. The van der Waals surface area contributed by atoms with Crippen molar-refractivity contribution in [2.75, 3.05) is 0 Å². The predicted octanol–water partition coefficient (Wildman–Crippen LogP) is 20.6. The van der Waals surface area contributed by atoms with Crippen molar-refractivity contribution in [3.05, 3.63) is 284 Å². The average molecular weight is 1010 g/mol. The van der Waals surface area contributed by atoms with Crippen LogP contribution < -0.4 is 0 Å². The van der Waals surface area contributed by atoms with Crippen molar-refractivity contribution < 1.29 is 0 Å². The lowest BCUT2D eigenvalue weighted by atomic mass is 9.86. The second-order valence-corrected chi connectivity index (χ2v) is 21.4. The number of para-hydroxylation sites is 2. The number of aryl methyl sites for hydroxylation is 2. The van der Waals surface area contributed by atoms with Gasteiger partial charge in [0.25, 0.3) is 0 Å². The molecule has 16 aromatic rings. The molecule has 0 fully saturated rings. The number of nitrogens with zero attached hydrogens (tertiary/aromatic N) is 3. The van der Waals surface area contributed by atoms with E-state index in [1.807, 2.05) is 0 Å². The van der Waals surface area contributed by atoms with Crippen LogP contribution in [0.25, 0.3) is 149 Å². The molecule has 3 heteroatoms. The van der Waals surface area contributed by atoms with Crippen LogP contribution in [-0.2, 0) is 0 Å². The van der Waals surface area contributed by atoms with Gasteiger partial charge in [-0.3, -0.25) is 0 Å². The minimum atomic E-state index is 1.12. The van der Waals surface area contributed by atoms with E-state index in [0.29, 0.717) is 0 Å². The molecule has 3 nitrogen and oxygen atoms in total. The first-order valence-electron chi connectivity index (χ1n) is 27.4. The Hall–Kier alpha value is -10.2. The van der Waals surface area contributed by atoms with Gasteiger partial charge in [-0.05, 0) is 189 Å². The van der Waals surface area contributed by atoms with Gasteiger partial charge in [-0.2, -0.15) is 0 Å². The quantitative estimate of drug-likeness (QED) is 0.141. The lowest BCUT2D eigenvalue weighted by Gasteiger charge is -2.18. The Labute approximate surface area is 457 Å². The van der Waals surface area contributed by atoms with E-state index in [1.54, 1.807) is 0 Å². The van der Waals surface area contributed by atoms with Crippen LogP contribution >= 0.6 is 0 Å². The molecule has 0 aliphatic rings. The molecule has 370 valence electrons. The molecule has 0 saturated carbocycles. The third-order valence-corrected chi connectivity index (χ3v) is 16.7. The number of benzene rings is 13. The maximum atomic E-state index is 2.47. The van der Waals surface area contributed by atoms with E-state index >= 15 is 0 Å².